The Bertz CT molecular complexity index is 1700. The Morgan fingerprint density at radius 3 is 1.86 bits per heavy atom. The van der Waals surface area contributed by atoms with Crippen LogP contribution >= 0.6 is 11.8 Å². The summed E-state index contributed by atoms with van der Waals surface area (Å²) < 4.78 is 14.5. The number of carbonyl (C=O) groups is 1. The molecular formula is C33H18FNOS. The van der Waals surface area contributed by atoms with Crippen molar-refractivity contribution < 1.29 is 9.18 Å². The minimum Gasteiger partial charge on any atom is -0.287 e. The van der Waals surface area contributed by atoms with Gasteiger partial charge in [0.2, 0.25) is 0 Å². The highest BCUT2D eigenvalue weighted by Crippen LogP contribution is 2.19. The van der Waals surface area contributed by atoms with E-state index in [1.54, 1.807) is 30.3 Å². The molecule has 0 saturated heterocycles. The Labute approximate surface area is 220 Å². The van der Waals surface area contributed by atoms with Gasteiger partial charge in [0.05, 0.1) is 11.1 Å². The molecule has 174 valence electrons. The Kier molecular flexibility index (Phi) is 8.22. The van der Waals surface area contributed by atoms with Gasteiger partial charge in [-0.25, -0.2) is 4.39 Å². The van der Waals surface area contributed by atoms with Crippen molar-refractivity contribution in [2.24, 2.45) is 0 Å². The molecule has 4 rings (SSSR count). The van der Waals surface area contributed by atoms with Gasteiger partial charge in [-0.3, -0.25) is 4.79 Å². The number of carbonyl (C=O) groups excluding carboxylic acids is 1. The van der Waals surface area contributed by atoms with Gasteiger partial charge in [0.1, 0.15) is 11.9 Å². The van der Waals surface area contributed by atoms with E-state index in [9.17, 15) is 14.4 Å². The van der Waals surface area contributed by atoms with Crippen molar-refractivity contribution in [2.45, 2.75) is 11.8 Å². The molecule has 0 aliphatic heterocycles. The van der Waals surface area contributed by atoms with Crippen molar-refractivity contribution in [3.63, 3.8) is 0 Å². The van der Waals surface area contributed by atoms with Crippen LogP contribution in [0, 0.1) is 52.7 Å². The van der Waals surface area contributed by atoms with Crippen molar-refractivity contribution in [2.75, 3.05) is 0 Å². The normalized spacial score (nSPS) is 9.43. The lowest BCUT2D eigenvalue weighted by molar-refractivity contribution is -0.109. The molecule has 4 heteroatoms. The Morgan fingerprint density at radius 2 is 1.19 bits per heavy atom. The van der Waals surface area contributed by atoms with Gasteiger partial charge in [0.25, 0.3) is 0 Å². The number of nitrogens with zero attached hydrogens (tertiary/aromatic N) is 1. The van der Waals surface area contributed by atoms with E-state index in [2.05, 4.69) is 41.6 Å². The first kappa shape index (κ1) is 25.1. The first-order valence-electron chi connectivity index (χ1n) is 11.2. The van der Waals surface area contributed by atoms with Crippen LogP contribution in [0.25, 0.3) is 0 Å². The molecule has 0 fully saturated rings. The highest BCUT2D eigenvalue weighted by Gasteiger charge is 2.03. The molecule has 0 aliphatic rings. The van der Waals surface area contributed by atoms with Gasteiger partial charge in [-0.1, -0.05) is 65.5 Å². The fraction of sp³-hybridized carbons (Fsp3) is 0.0303. The van der Waals surface area contributed by atoms with Gasteiger partial charge in [-0.05, 0) is 72.8 Å². The van der Waals surface area contributed by atoms with Crippen LogP contribution in [0.2, 0.25) is 0 Å². The summed E-state index contributed by atoms with van der Waals surface area (Å²) in [6, 6.07) is 28.8. The topological polar surface area (TPSA) is 40.9 Å². The molecule has 0 amide bonds. The minimum atomic E-state index is -0.450. The van der Waals surface area contributed by atoms with Crippen LogP contribution < -0.4 is 0 Å². The van der Waals surface area contributed by atoms with E-state index in [4.69, 9.17) is 0 Å². The Balaban J connectivity index is 1.50. The molecule has 0 saturated carbocycles. The number of benzene rings is 4. The molecule has 0 aliphatic carbocycles. The predicted molar refractivity (Wildman–Crippen MR) is 145 cm³/mol. The van der Waals surface area contributed by atoms with Crippen molar-refractivity contribution in [1.82, 2.24) is 0 Å². The zero-order chi connectivity index (χ0) is 26.0. The number of rotatable bonds is 1. The highest BCUT2D eigenvalue weighted by molar-refractivity contribution is 8.13. The van der Waals surface area contributed by atoms with Gasteiger partial charge < -0.3 is 0 Å². The third-order valence-corrected chi connectivity index (χ3v) is 5.83. The molecule has 4 aromatic rings. The van der Waals surface area contributed by atoms with Crippen molar-refractivity contribution in [3.05, 3.63) is 136 Å². The quantitative estimate of drug-likeness (QED) is 0.223. The molecule has 0 unspecified atom stereocenters. The molecule has 0 N–H and O–H groups in total. The molecule has 0 heterocycles. The zero-order valence-corrected chi connectivity index (χ0v) is 20.6. The third-order valence-electron chi connectivity index (χ3n) is 5.03. The fourth-order valence-corrected chi connectivity index (χ4v) is 3.84. The van der Waals surface area contributed by atoms with Gasteiger partial charge in [-0.15, -0.1) is 0 Å². The summed E-state index contributed by atoms with van der Waals surface area (Å²) in [5.41, 5.74) is 3.99. The number of nitriles is 1. The third kappa shape index (κ3) is 7.24. The van der Waals surface area contributed by atoms with Crippen molar-refractivity contribution in [1.29, 1.82) is 5.26 Å². The van der Waals surface area contributed by atoms with Crippen LogP contribution in [-0.4, -0.2) is 5.12 Å². The van der Waals surface area contributed by atoms with Crippen molar-refractivity contribution in [3.8, 4) is 41.6 Å². The van der Waals surface area contributed by atoms with Gasteiger partial charge in [0, 0.05) is 39.6 Å². The largest absolute Gasteiger partial charge is 0.287 e. The Hall–Kier alpha value is -5.00. The SMILES string of the molecule is CC(=O)Sc1ccc(C#Cc2ccc(C#Cc3ccc(C#Cc4ccccc4)c(F)c3)c(C#N)c2)cc1. The van der Waals surface area contributed by atoms with E-state index < -0.39 is 5.82 Å². The van der Waals surface area contributed by atoms with E-state index >= 15 is 0 Å². The lowest BCUT2D eigenvalue weighted by Crippen LogP contribution is -1.88. The smallest absolute Gasteiger partial charge is 0.190 e. The molecule has 0 bridgehead atoms. The first-order valence-corrected chi connectivity index (χ1v) is 12.0. The summed E-state index contributed by atoms with van der Waals surface area (Å²) in [4.78, 5) is 12.1. The number of thioether (sulfide) groups is 1. The van der Waals surface area contributed by atoms with Crippen LogP contribution in [-0.2, 0) is 4.79 Å². The standard InChI is InChI=1S/C33H18FNOS/c1-24(36)37-32-19-13-26(14-20-32)7-8-27-10-15-29(31(21-27)23-35)16-11-28-12-18-30(33(34)22-28)17-9-25-5-3-2-4-6-25/h2-6,10,12-15,18-22H,1H3. The van der Waals surface area contributed by atoms with Crippen LogP contribution in [0.5, 0.6) is 0 Å². The van der Waals surface area contributed by atoms with Crippen LogP contribution in [0.1, 0.15) is 45.9 Å². The summed E-state index contributed by atoms with van der Waals surface area (Å²) >= 11 is 1.17. The summed E-state index contributed by atoms with van der Waals surface area (Å²) in [7, 11) is 0. The maximum Gasteiger partial charge on any atom is 0.190 e. The lowest BCUT2D eigenvalue weighted by Gasteiger charge is -1.98. The number of halogens is 1. The first-order chi connectivity index (χ1) is 18.0. The minimum absolute atomic E-state index is 0.0290. The summed E-state index contributed by atoms with van der Waals surface area (Å²) in [6.45, 7) is 1.52. The molecular weight excluding hydrogens is 477 g/mol. The monoisotopic (exact) mass is 495 g/mol. The fourth-order valence-electron chi connectivity index (χ4n) is 3.23. The maximum absolute atomic E-state index is 14.5. The average Bonchev–Trinajstić information content (AvgIpc) is 2.91. The van der Waals surface area contributed by atoms with E-state index in [1.807, 2.05) is 54.6 Å². The highest BCUT2D eigenvalue weighted by atomic mass is 32.2. The van der Waals surface area contributed by atoms with Gasteiger partial charge in [-0.2, -0.15) is 5.26 Å². The summed E-state index contributed by atoms with van der Waals surface area (Å²) in [5.74, 6) is 17.3. The second kappa shape index (κ2) is 12.1. The Morgan fingerprint density at radius 1 is 0.649 bits per heavy atom. The summed E-state index contributed by atoms with van der Waals surface area (Å²) in [5, 5.41) is 9.62. The number of hydrogen-bond acceptors (Lipinski definition) is 3. The second-order valence-corrected chi connectivity index (χ2v) is 9.05. The van der Waals surface area contributed by atoms with E-state index in [-0.39, 0.29) is 5.12 Å². The van der Waals surface area contributed by atoms with Crippen LogP contribution in [0.15, 0.2) is 95.9 Å². The van der Waals surface area contributed by atoms with E-state index in [0.29, 0.717) is 27.8 Å². The lowest BCUT2D eigenvalue weighted by atomic mass is 10.0. The molecule has 0 radical (unpaired) electrons. The molecule has 37 heavy (non-hydrogen) atoms. The summed E-state index contributed by atoms with van der Waals surface area (Å²) in [6.07, 6.45) is 0. The second-order valence-electron chi connectivity index (χ2n) is 7.80. The zero-order valence-electron chi connectivity index (χ0n) is 19.8. The van der Waals surface area contributed by atoms with Gasteiger partial charge >= 0.3 is 0 Å². The average molecular weight is 496 g/mol. The van der Waals surface area contributed by atoms with E-state index in [0.717, 1.165) is 16.0 Å². The van der Waals surface area contributed by atoms with Gasteiger partial charge in [0.15, 0.2) is 5.12 Å². The molecule has 0 atom stereocenters. The number of hydrogen-bond donors (Lipinski definition) is 0. The maximum atomic E-state index is 14.5. The van der Waals surface area contributed by atoms with Crippen LogP contribution in [0.3, 0.4) is 0 Å². The molecule has 0 aromatic heterocycles. The molecule has 0 spiro atoms. The van der Waals surface area contributed by atoms with Crippen molar-refractivity contribution >= 4 is 16.9 Å². The molecule has 2 nitrogen and oxygen atoms in total. The van der Waals surface area contributed by atoms with Crippen LogP contribution in [0.4, 0.5) is 4.39 Å². The predicted octanol–water partition coefficient (Wildman–Crippen LogP) is 6.54. The van der Waals surface area contributed by atoms with E-state index in [1.165, 1.54) is 24.8 Å². The molecule has 4 aromatic carbocycles.